The number of benzene rings is 1. The number of rotatable bonds is 12. The highest BCUT2D eigenvalue weighted by atomic mass is 16.5. The number of amides is 2. The Balaban J connectivity index is 1.66. The lowest BCUT2D eigenvalue weighted by Gasteiger charge is -2.09. The zero-order valence-corrected chi connectivity index (χ0v) is 15.5. The van der Waals surface area contributed by atoms with Gasteiger partial charge in [0.05, 0.1) is 6.26 Å². The molecule has 146 valence electrons. The normalized spacial score (nSPS) is 10.4. The lowest BCUT2D eigenvalue weighted by Crippen LogP contribution is -2.30. The average molecular weight is 374 g/mol. The van der Waals surface area contributed by atoms with E-state index in [2.05, 4.69) is 17.6 Å². The first-order chi connectivity index (χ1) is 13.2. The Hall–Kier alpha value is -2.80. The number of hydrogen-bond acceptors (Lipinski definition) is 5. The second-order valence-corrected chi connectivity index (χ2v) is 5.92. The minimum absolute atomic E-state index is 0.0910. The van der Waals surface area contributed by atoms with Gasteiger partial charge in [0.15, 0.2) is 12.4 Å². The van der Waals surface area contributed by atoms with Gasteiger partial charge in [0.25, 0.3) is 11.8 Å². The average Bonchev–Trinajstić information content (AvgIpc) is 3.21. The van der Waals surface area contributed by atoms with Crippen LogP contribution >= 0.6 is 0 Å². The van der Waals surface area contributed by atoms with Crippen molar-refractivity contribution >= 4 is 17.5 Å². The summed E-state index contributed by atoms with van der Waals surface area (Å²) in [7, 11) is 0. The maximum atomic E-state index is 12.0. The minimum Gasteiger partial charge on any atom is -0.484 e. The number of unbranched alkanes of at least 4 members (excludes halogenated alkanes) is 1. The fourth-order valence-corrected chi connectivity index (χ4v) is 2.21. The molecule has 0 aliphatic carbocycles. The van der Waals surface area contributed by atoms with Crippen LogP contribution in [0.4, 0.5) is 5.69 Å². The molecule has 2 amide bonds. The zero-order chi connectivity index (χ0) is 19.3. The van der Waals surface area contributed by atoms with Crippen molar-refractivity contribution in [1.29, 1.82) is 0 Å². The highest BCUT2D eigenvalue weighted by Gasteiger charge is 2.09. The molecule has 2 N–H and O–H groups in total. The van der Waals surface area contributed by atoms with Crippen LogP contribution in [0, 0.1) is 0 Å². The number of furan rings is 1. The van der Waals surface area contributed by atoms with Crippen LogP contribution in [0.25, 0.3) is 0 Å². The Morgan fingerprint density at radius 3 is 2.74 bits per heavy atom. The summed E-state index contributed by atoms with van der Waals surface area (Å²) >= 11 is 0. The molecule has 1 aromatic carbocycles. The summed E-state index contributed by atoms with van der Waals surface area (Å²) in [6.45, 7) is 3.98. The molecule has 0 radical (unpaired) electrons. The Morgan fingerprint density at radius 1 is 1.11 bits per heavy atom. The number of carbonyl (C=O) groups is 2. The Kier molecular flexibility index (Phi) is 8.92. The Morgan fingerprint density at radius 2 is 1.96 bits per heavy atom. The predicted octanol–water partition coefficient (Wildman–Crippen LogP) is 3.23. The van der Waals surface area contributed by atoms with Crippen LogP contribution in [0.1, 0.15) is 36.7 Å². The van der Waals surface area contributed by atoms with Crippen LogP contribution in [0.2, 0.25) is 0 Å². The number of ether oxygens (including phenoxy) is 2. The van der Waals surface area contributed by atoms with Crippen molar-refractivity contribution in [3.8, 4) is 5.75 Å². The van der Waals surface area contributed by atoms with E-state index in [9.17, 15) is 9.59 Å². The van der Waals surface area contributed by atoms with Crippen molar-refractivity contribution in [1.82, 2.24) is 5.32 Å². The molecule has 2 rings (SSSR count). The molecule has 0 fully saturated rings. The smallest absolute Gasteiger partial charge is 0.291 e. The second kappa shape index (κ2) is 11.7. The molecule has 1 aromatic heterocycles. The van der Waals surface area contributed by atoms with Gasteiger partial charge in [-0.25, -0.2) is 0 Å². The van der Waals surface area contributed by atoms with Crippen molar-refractivity contribution in [2.75, 3.05) is 31.7 Å². The molecular formula is C20H26N2O5. The van der Waals surface area contributed by atoms with E-state index < -0.39 is 0 Å². The van der Waals surface area contributed by atoms with E-state index in [0.717, 1.165) is 25.9 Å². The van der Waals surface area contributed by atoms with Crippen molar-refractivity contribution in [2.45, 2.75) is 26.2 Å². The van der Waals surface area contributed by atoms with Crippen molar-refractivity contribution in [3.63, 3.8) is 0 Å². The number of anilines is 1. The van der Waals surface area contributed by atoms with Gasteiger partial charge in [-0.05, 0) is 37.1 Å². The van der Waals surface area contributed by atoms with Crippen LogP contribution in [0.5, 0.6) is 5.75 Å². The molecule has 7 heteroatoms. The monoisotopic (exact) mass is 374 g/mol. The third kappa shape index (κ3) is 7.96. The number of hydrogen-bond donors (Lipinski definition) is 2. The molecule has 0 bridgehead atoms. The molecule has 7 nitrogen and oxygen atoms in total. The first-order valence-electron chi connectivity index (χ1n) is 9.11. The van der Waals surface area contributed by atoms with Gasteiger partial charge in [0, 0.05) is 31.5 Å². The quantitative estimate of drug-likeness (QED) is 0.557. The van der Waals surface area contributed by atoms with E-state index in [-0.39, 0.29) is 24.2 Å². The summed E-state index contributed by atoms with van der Waals surface area (Å²) in [5.74, 6) is 0.161. The summed E-state index contributed by atoms with van der Waals surface area (Å²) in [4.78, 5) is 23.8. The first kappa shape index (κ1) is 20.5. The third-order valence-corrected chi connectivity index (χ3v) is 3.64. The molecule has 0 saturated carbocycles. The maximum Gasteiger partial charge on any atom is 0.291 e. The molecule has 0 spiro atoms. The fourth-order valence-electron chi connectivity index (χ4n) is 2.21. The topological polar surface area (TPSA) is 89.8 Å². The SMILES string of the molecule is CCCCOCCCNC(=O)COc1cccc(NC(=O)c2ccco2)c1. The molecule has 0 unspecified atom stereocenters. The molecule has 27 heavy (non-hydrogen) atoms. The summed E-state index contributed by atoms with van der Waals surface area (Å²) in [5.41, 5.74) is 0.554. The van der Waals surface area contributed by atoms with Gasteiger partial charge in [0.1, 0.15) is 5.75 Å². The zero-order valence-electron chi connectivity index (χ0n) is 15.5. The summed E-state index contributed by atoms with van der Waals surface area (Å²) in [5, 5.41) is 5.49. The van der Waals surface area contributed by atoms with Crippen LogP contribution in [-0.4, -0.2) is 38.2 Å². The molecule has 0 atom stereocenters. The van der Waals surface area contributed by atoms with E-state index >= 15 is 0 Å². The number of nitrogens with one attached hydrogen (secondary N) is 2. The van der Waals surface area contributed by atoms with Gasteiger partial charge in [0.2, 0.25) is 0 Å². The van der Waals surface area contributed by atoms with E-state index in [1.54, 1.807) is 36.4 Å². The van der Waals surface area contributed by atoms with Gasteiger partial charge in [-0.2, -0.15) is 0 Å². The van der Waals surface area contributed by atoms with E-state index in [4.69, 9.17) is 13.9 Å². The van der Waals surface area contributed by atoms with Crippen molar-refractivity contribution in [2.24, 2.45) is 0 Å². The van der Waals surface area contributed by atoms with Gasteiger partial charge in [-0.1, -0.05) is 19.4 Å². The summed E-state index contributed by atoms with van der Waals surface area (Å²) < 4.78 is 16.0. The lowest BCUT2D eigenvalue weighted by molar-refractivity contribution is -0.123. The van der Waals surface area contributed by atoms with Crippen molar-refractivity contribution < 1.29 is 23.5 Å². The number of carbonyl (C=O) groups excluding carboxylic acids is 2. The maximum absolute atomic E-state index is 12.0. The summed E-state index contributed by atoms with van der Waals surface area (Å²) in [6, 6.07) is 10.1. The lowest BCUT2D eigenvalue weighted by atomic mass is 10.3. The van der Waals surface area contributed by atoms with E-state index in [1.165, 1.54) is 6.26 Å². The minimum atomic E-state index is -0.351. The van der Waals surface area contributed by atoms with Crippen LogP contribution < -0.4 is 15.4 Å². The molecule has 1 heterocycles. The highest BCUT2D eigenvalue weighted by Crippen LogP contribution is 2.18. The van der Waals surface area contributed by atoms with Gasteiger partial charge >= 0.3 is 0 Å². The van der Waals surface area contributed by atoms with Crippen LogP contribution in [-0.2, 0) is 9.53 Å². The van der Waals surface area contributed by atoms with Crippen LogP contribution in [0.15, 0.2) is 47.1 Å². The van der Waals surface area contributed by atoms with Crippen LogP contribution in [0.3, 0.4) is 0 Å². The standard InChI is InChI=1S/C20H26N2O5/c1-2-3-11-25-12-6-10-21-19(23)15-27-17-8-4-7-16(14-17)22-20(24)18-9-5-13-26-18/h4-5,7-9,13-14H,2-3,6,10-12,15H2,1H3,(H,21,23)(H,22,24). The van der Waals surface area contributed by atoms with Gasteiger partial charge in [-0.3, -0.25) is 9.59 Å². The third-order valence-electron chi connectivity index (χ3n) is 3.64. The second-order valence-electron chi connectivity index (χ2n) is 5.92. The Labute approximate surface area is 159 Å². The van der Waals surface area contributed by atoms with Gasteiger partial charge < -0.3 is 24.5 Å². The molecule has 2 aromatic rings. The fraction of sp³-hybridized carbons (Fsp3) is 0.400. The first-order valence-corrected chi connectivity index (χ1v) is 9.11. The molecule has 0 aliphatic heterocycles. The van der Waals surface area contributed by atoms with E-state index in [0.29, 0.717) is 24.6 Å². The molecule has 0 saturated heterocycles. The van der Waals surface area contributed by atoms with E-state index in [1.807, 2.05) is 0 Å². The molecule has 0 aliphatic rings. The summed E-state index contributed by atoms with van der Waals surface area (Å²) in [6.07, 6.45) is 4.37. The van der Waals surface area contributed by atoms with Gasteiger partial charge in [-0.15, -0.1) is 0 Å². The predicted molar refractivity (Wildman–Crippen MR) is 102 cm³/mol. The largest absolute Gasteiger partial charge is 0.484 e. The Bertz CT molecular complexity index is 700. The highest BCUT2D eigenvalue weighted by molar-refractivity contribution is 6.02. The van der Waals surface area contributed by atoms with Crippen molar-refractivity contribution in [3.05, 3.63) is 48.4 Å². The molecular weight excluding hydrogens is 348 g/mol.